The minimum atomic E-state index is -0.891. The second-order valence-corrected chi connectivity index (χ2v) is 6.06. The summed E-state index contributed by atoms with van der Waals surface area (Å²) in [5, 5.41) is 11.1. The number of fused-ring (bicyclic) bond motifs is 2. The number of aryl methyl sites for hydroxylation is 2. The molecule has 5 nitrogen and oxygen atoms in total. The zero-order valence-electron chi connectivity index (χ0n) is 13.0. The number of nitrogens with zero attached hydrogens (tertiary/aromatic N) is 4. The summed E-state index contributed by atoms with van der Waals surface area (Å²) in [7, 11) is 0. The van der Waals surface area contributed by atoms with Gasteiger partial charge in [0.25, 0.3) is 0 Å². The quantitative estimate of drug-likeness (QED) is 0.790. The van der Waals surface area contributed by atoms with Gasteiger partial charge in [-0.2, -0.15) is 0 Å². The monoisotopic (exact) mass is 312 g/mol. The Morgan fingerprint density at radius 1 is 1.35 bits per heavy atom. The molecule has 0 spiro atoms. The Labute approximate surface area is 132 Å². The van der Waals surface area contributed by atoms with Crippen molar-refractivity contribution < 1.29 is 9.50 Å². The van der Waals surface area contributed by atoms with Crippen LogP contribution in [0.3, 0.4) is 0 Å². The molecule has 0 bridgehead atoms. The smallest absolute Gasteiger partial charge is 0.152 e. The largest absolute Gasteiger partial charge is 0.384 e. The van der Waals surface area contributed by atoms with E-state index < -0.39 is 5.60 Å². The van der Waals surface area contributed by atoms with Gasteiger partial charge in [-0.1, -0.05) is 13.0 Å². The first-order valence-electron chi connectivity index (χ1n) is 7.75. The fourth-order valence-electron chi connectivity index (χ4n) is 3.25. The topological polar surface area (TPSA) is 63.8 Å². The van der Waals surface area contributed by atoms with Crippen molar-refractivity contribution >= 4 is 11.0 Å². The highest BCUT2D eigenvalue weighted by molar-refractivity contribution is 5.77. The van der Waals surface area contributed by atoms with E-state index in [-0.39, 0.29) is 5.82 Å². The molecule has 0 aliphatic heterocycles. The van der Waals surface area contributed by atoms with E-state index in [9.17, 15) is 9.50 Å². The van der Waals surface area contributed by atoms with E-state index >= 15 is 0 Å². The van der Waals surface area contributed by atoms with Crippen LogP contribution in [-0.4, -0.2) is 24.6 Å². The SMILES string of the molecule is CCC1(O)CCc2ccc(-n3cc(F)c4cnc(C)nc43)nc21. The number of rotatable bonds is 2. The molecule has 6 heteroatoms. The number of halogens is 1. The lowest BCUT2D eigenvalue weighted by Gasteiger charge is -2.21. The lowest BCUT2D eigenvalue weighted by atomic mass is 9.98. The molecule has 0 saturated carbocycles. The number of pyridine rings is 1. The average molecular weight is 312 g/mol. The molecule has 23 heavy (non-hydrogen) atoms. The summed E-state index contributed by atoms with van der Waals surface area (Å²) in [6, 6.07) is 3.81. The first kappa shape index (κ1) is 14.3. The molecule has 1 aliphatic rings. The Hall–Kier alpha value is -2.34. The summed E-state index contributed by atoms with van der Waals surface area (Å²) >= 11 is 0. The third kappa shape index (κ3) is 2.05. The van der Waals surface area contributed by atoms with Crippen molar-refractivity contribution in [2.75, 3.05) is 0 Å². The van der Waals surface area contributed by atoms with E-state index in [4.69, 9.17) is 0 Å². The minimum absolute atomic E-state index is 0.364. The molecule has 0 saturated heterocycles. The van der Waals surface area contributed by atoms with Crippen LogP contribution in [0.5, 0.6) is 0 Å². The minimum Gasteiger partial charge on any atom is -0.384 e. The van der Waals surface area contributed by atoms with Crippen molar-refractivity contribution in [2.45, 2.75) is 38.7 Å². The van der Waals surface area contributed by atoms with Gasteiger partial charge in [-0.25, -0.2) is 19.3 Å². The molecule has 0 amide bonds. The lowest BCUT2D eigenvalue weighted by Crippen LogP contribution is -2.22. The molecule has 3 aromatic heterocycles. The first-order chi connectivity index (χ1) is 11.0. The maximum Gasteiger partial charge on any atom is 0.152 e. The Morgan fingerprint density at radius 2 is 2.17 bits per heavy atom. The van der Waals surface area contributed by atoms with Crippen molar-refractivity contribution in [3.63, 3.8) is 0 Å². The normalized spacial score (nSPS) is 20.2. The zero-order valence-corrected chi connectivity index (χ0v) is 13.0. The summed E-state index contributed by atoms with van der Waals surface area (Å²) in [6.45, 7) is 3.71. The predicted octanol–water partition coefficient (Wildman–Crippen LogP) is 2.81. The standard InChI is InChI=1S/C17H17FN4O/c1-3-17(23)7-6-11-4-5-14(21-15(11)17)22-9-13(18)12-8-19-10(2)20-16(12)22/h4-5,8-9,23H,3,6-7H2,1-2H3. The highest BCUT2D eigenvalue weighted by atomic mass is 19.1. The molecule has 0 fully saturated rings. The second kappa shape index (κ2) is 4.83. The molecular formula is C17H17FN4O. The van der Waals surface area contributed by atoms with Gasteiger partial charge >= 0.3 is 0 Å². The van der Waals surface area contributed by atoms with E-state index in [0.717, 1.165) is 12.0 Å². The van der Waals surface area contributed by atoms with Crippen LogP contribution in [0.2, 0.25) is 0 Å². The summed E-state index contributed by atoms with van der Waals surface area (Å²) < 4.78 is 15.8. The Bertz CT molecular complexity index is 920. The summed E-state index contributed by atoms with van der Waals surface area (Å²) in [4.78, 5) is 13.0. The van der Waals surface area contributed by atoms with Crippen molar-refractivity contribution in [1.82, 2.24) is 19.5 Å². The van der Waals surface area contributed by atoms with Gasteiger partial charge in [0.15, 0.2) is 11.5 Å². The van der Waals surface area contributed by atoms with Crippen LogP contribution in [0, 0.1) is 12.7 Å². The molecule has 1 atom stereocenters. The van der Waals surface area contributed by atoms with Gasteiger partial charge in [0, 0.05) is 12.4 Å². The van der Waals surface area contributed by atoms with Crippen LogP contribution in [0.15, 0.2) is 24.5 Å². The van der Waals surface area contributed by atoms with Gasteiger partial charge in [0.2, 0.25) is 0 Å². The molecule has 0 aromatic carbocycles. The van der Waals surface area contributed by atoms with E-state index in [2.05, 4.69) is 15.0 Å². The van der Waals surface area contributed by atoms with Gasteiger partial charge in [0.05, 0.1) is 11.1 Å². The van der Waals surface area contributed by atoms with Crippen LogP contribution in [0.1, 0.15) is 36.8 Å². The van der Waals surface area contributed by atoms with Gasteiger partial charge in [-0.3, -0.25) is 4.57 Å². The van der Waals surface area contributed by atoms with Gasteiger partial charge in [0.1, 0.15) is 17.2 Å². The Balaban J connectivity index is 1.93. The van der Waals surface area contributed by atoms with Crippen LogP contribution in [0.25, 0.3) is 16.9 Å². The summed E-state index contributed by atoms with van der Waals surface area (Å²) in [6.07, 6.45) is 4.96. The molecule has 0 radical (unpaired) electrons. The van der Waals surface area contributed by atoms with Gasteiger partial charge < -0.3 is 5.11 Å². The van der Waals surface area contributed by atoms with Crippen LogP contribution >= 0.6 is 0 Å². The van der Waals surface area contributed by atoms with E-state index in [1.807, 2.05) is 19.1 Å². The highest BCUT2D eigenvalue weighted by Gasteiger charge is 2.36. The molecule has 3 heterocycles. The third-order valence-corrected chi connectivity index (χ3v) is 4.66. The molecular weight excluding hydrogens is 295 g/mol. The maximum atomic E-state index is 14.1. The molecule has 4 rings (SSSR count). The van der Waals surface area contributed by atoms with E-state index in [1.54, 1.807) is 11.5 Å². The first-order valence-corrected chi connectivity index (χ1v) is 7.75. The third-order valence-electron chi connectivity index (χ3n) is 4.66. The van der Waals surface area contributed by atoms with Crippen LogP contribution < -0.4 is 0 Å². The molecule has 1 aliphatic carbocycles. The molecule has 1 N–H and O–H groups in total. The summed E-state index contributed by atoms with van der Waals surface area (Å²) in [5.41, 5.74) is 1.35. The number of hydrogen-bond acceptors (Lipinski definition) is 4. The predicted molar refractivity (Wildman–Crippen MR) is 83.9 cm³/mol. The van der Waals surface area contributed by atoms with Crippen molar-refractivity contribution in [2.24, 2.45) is 0 Å². The van der Waals surface area contributed by atoms with Crippen molar-refractivity contribution in [3.05, 3.63) is 47.4 Å². The highest BCUT2D eigenvalue weighted by Crippen LogP contribution is 2.38. The Kier molecular flexibility index (Phi) is 2.99. The zero-order chi connectivity index (χ0) is 16.2. The van der Waals surface area contributed by atoms with Crippen molar-refractivity contribution in [1.29, 1.82) is 0 Å². The average Bonchev–Trinajstić information content (AvgIpc) is 3.06. The lowest BCUT2D eigenvalue weighted by molar-refractivity contribution is 0.0306. The van der Waals surface area contributed by atoms with Gasteiger partial charge in [-0.15, -0.1) is 0 Å². The van der Waals surface area contributed by atoms with Gasteiger partial charge in [-0.05, 0) is 37.8 Å². The van der Waals surface area contributed by atoms with Crippen LogP contribution in [0.4, 0.5) is 4.39 Å². The number of hydrogen-bond donors (Lipinski definition) is 1. The van der Waals surface area contributed by atoms with E-state index in [0.29, 0.717) is 41.2 Å². The summed E-state index contributed by atoms with van der Waals surface area (Å²) in [5.74, 6) is 0.751. The number of aromatic nitrogens is 4. The maximum absolute atomic E-state index is 14.1. The van der Waals surface area contributed by atoms with Crippen molar-refractivity contribution in [3.8, 4) is 5.82 Å². The van der Waals surface area contributed by atoms with E-state index in [1.165, 1.54) is 12.4 Å². The van der Waals surface area contributed by atoms with Crippen LogP contribution in [-0.2, 0) is 12.0 Å². The molecule has 1 unspecified atom stereocenters. The fraction of sp³-hybridized carbons (Fsp3) is 0.353. The number of aliphatic hydroxyl groups is 1. The second-order valence-electron chi connectivity index (χ2n) is 6.06. The Morgan fingerprint density at radius 3 is 2.96 bits per heavy atom. The molecule has 118 valence electrons. The molecule has 3 aromatic rings. The fourth-order valence-corrected chi connectivity index (χ4v) is 3.25.